The van der Waals surface area contributed by atoms with E-state index in [2.05, 4.69) is 10.4 Å². The zero-order valence-electron chi connectivity index (χ0n) is 16.3. The van der Waals surface area contributed by atoms with Crippen LogP contribution in [0.2, 0.25) is 5.02 Å². The number of benzene rings is 2. The number of nitrogens with zero attached hydrogens (tertiary/aromatic N) is 3. The van der Waals surface area contributed by atoms with E-state index in [4.69, 9.17) is 11.6 Å². The number of amides is 1. The average Bonchev–Trinajstić information content (AvgIpc) is 3.06. The molecule has 1 N–H and O–H groups in total. The molecule has 1 amide bonds. The van der Waals surface area contributed by atoms with Gasteiger partial charge in [-0.25, -0.2) is 4.68 Å². The van der Waals surface area contributed by atoms with Crippen LogP contribution in [0.1, 0.15) is 17.0 Å². The van der Waals surface area contributed by atoms with Gasteiger partial charge in [-0.3, -0.25) is 14.0 Å². The molecular formula is C22H21ClN4O2. The van der Waals surface area contributed by atoms with E-state index < -0.39 is 0 Å². The van der Waals surface area contributed by atoms with Gasteiger partial charge in [-0.15, -0.1) is 0 Å². The molecule has 6 nitrogen and oxygen atoms in total. The highest BCUT2D eigenvalue weighted by Crippen LogP contribution is 2.20. The summed E-state index contributed by atoms with van der Waals surface area (Å²) in [6.07, 6.45) is 0.687. The van der Waals surface area contributed by atoms with Gasteiger partial charge >= 0.3 is 0 Å². The second-order valence-electron chi connectivity index (χ2n) is 7.16. The number of hydrogen-bond donors (Lipinski definition) is 1. The van der Waals surface area contributed by atoms with E-state index in [1.165, 1.54) is 4.68 Å². The molecule has 0 aliphatic rings. The van der Waals surface area contributed by atoms with Crippen LogP contribution in [0.4, 0.5) is 0 Å². The lowest BCUT2D eigenvalue weighted by Gasteiger charge is -2.09. The minimum Gasteiger partial charge on any atom is -0.354 e. The summed E-state index contributed by atoms with van der Waals surface area (Å²) in [5.41, 5.74) is 3.38. The van der Waals surface area contributed by atoms with Crippen LogP contribution in [0.25, 0.3) is 16.4 Å². The average molecular weight is 409 g/mol. The van der Waals surface area contributed by atoms with E-state index in [1.54, 1.807) is 0 Å². The third-order valence-electron chi connectivity index (χ3n) is 4.94. The molecule has 148 valence electrons. The van der Waals surface area contributed by atoms with Gasteiger partial charge in [0.25, 0.3) is 5.56 Å². The number of aryl methyl sites for hydroxylation is 2. The number of fused-ring (bicyclic) bond motifs is 3. The van der Waals surface area contributed by atoms with Crippen molar-refractivity contribution in [2.75, 3.05) is 6.54 Å². The van der Waals surface area contributed by atoms with Crippen molar-refractivity contribution >= 4 is 33.9 Å². The van der Waals surface area contributed by atoms with Gasteiger partial charge in [-0.05, 0) is 56.2 Å². The Labute approximate surface area is 172 Å². The first-order chi connectivity index (χ1) is 13.9. The molecule has 2 aromatic heterocycles. The Hall–Kier alpha value is -3.12. The molecule has 2 heterocycles. The summed E-state index contributed by atoms with van der Waals surface area (Å²) >= 11 is 5.88. The van der Waals surface area contributed by atoms with Crippen molar-refractivity contribution in [3.8, 4) is 0 Å². The highest BCUT2D eigenvalue weighted by molar-refractivity contribution is 6.30. The molecule has 4 aromatic rings. The third-order valence-corrected chi connectivity index (χ3v) is 5.19. The predicted octanol–water partition coefficient (Wildman–Crippen LogP) is 3.28. The summed E-state index contributed by atoms with van der Waals surface area (Å²) in [6, 6.07) is 15.4. The van der Waals surface area contributed by atoms with Crippen molar-refractivity contribution < 1.29 is 4.79 Å². The highest BCUT2D eigenvalue weighted by atomic mass is 35.5. The van der Waals surface area contributed by atoms with Crippen molar-refractivity contribution in [1.29, 1.82) is 0 Å². The van der Waals surface area contributed by atoms with Gasteiger partial charge in [0.2, 0.25) is 5.91 Å². The lowest BCUT2D eigenvalue weighted by molar-refractivity contribution is -0.121. The summed E-state index contributed by atoms with van der Waals surface area (Å²) in [7, 11) is 0. The van der Waals surface area contributed by atoms with Crippen molar-refractivity contribution in [3.63, 3.8) is 0 Å². The third kappa shape index (κ3) is 3.89. The number of hydrogen-bond acceptors (Lipinski definition) is 3. The van der Waals surface area contributed by atoms with Gasteiger partial charge < -0.3 is 5.32 Å². The Morgan fingerprint density at radius 1 is 1.07 bits per heavy atom. The minimum atomic E-state index is -0.280. The fraction of sp³-hybridized carbons (Fsp3) is 0.227. The maximum atomic E-state index is 12.9. The molecule has 0 bridgehead atoms. The van der Waals surface area contributed by atoms with Crippen molar-refractivity contribution in [2.24, 2.45) is 0 Å². The number of carbonyl (C=O) groups excluding carboxylic acids is 1. The summed E-state index contributed by atoms with van der Waals surface area (Å²) in [5.74, 6) is 0.414. The summed E-state index contributed by atoms with van der Waals surface area (Å²) < 4.78 is 3.07. The predicted molar refractivity (Wildman–Crippen MR) is 115 cm³/mol. The normalized spacial score (nSPS) is 11.3. The Morgan fingerprint density at radius 3 is 2.59 bits per heavy atom. The van der Waals surface area contributed by atoms with Gasteiger partial charge in [0.1, 0.15) is 17.9 Å². The van der Waals surface area contributed by atoms with E-state index in [-0.39, 0.29) is 18.0 Å². The molecule has 0 aliphatic heterocycles. The molecule has 0 spiro atoms. The fourth-order valence-electron chi connectivity index (χ4n) is 3.53. The minimum absolute atomic E-state index is 0.114. The van der Waals surface area contributed by atoms with E-state index >= 15 is 0 Å². The van der Waals surface area contributed by atoms with Crippen LogP contribution in [-0.4, -0.2) is 26.6 Å². The number of halogens is 1. The first-order valence-electron chi connectivity index (χ1n) is 9.43. The van der Waals surface area contributed by atoms with E-state index in [0.29, 0.717) is 29.3 Å². The first-order valence-corrected chi connectivity index (χ1v) is 9.81. The largest absolute Gasteiger partial charge is 0.354 e. The molecular weight excluding hydrogens is 388 g/mol. The molecule has 4 rings (SSSR count). The Kier molecular flexibility index (Phi) is 5.11. The van der Waals surface area contributed by atoms with E-state index in [9.17, 15) is 9.59 Å². The number of nitrogens with one attached hydrogen (secondary N) is 1. The van der Waals surface area contributed by atoms with Crippen molar-refractivity contribution in [1.82, 2.24) is 19.5 Å². The maximum absolute atomic E-state index is 12.9. The molecule has 0 saturated carbocycles. The summed E-state index contributed by atoms with van der Waals surface area (Å²) in [5, 5.41) is 8.86. The van der Waals surface area contributed by atoms with Crippen LogP contribution < -0.4 is 10.9 Å². The van der Waals surface area contributed by atoms with Crippen LogP contribution in [0.15, 0.2) is 53.3 Å². The van der Waals surface area contributed by atoms with Gasteiger partial charge in [-0.2, -0.15) is 5.10 Å². The SMILES string of the molecule is Cc1ccc2c(c1)cc1c(=O)n(CC(=O)NCCc3ccc(Cl)cc3)nc(C)n12. The topological polar surface area (TPSA) is 68.4 Å². The fourth-order valence-corrected chi connectivity index (χ4v) is 3.66. The van der Waals surface area contributed by atoms with Gasteiger partial charge in [-0.1, -0.05) is 35.4 Å². The summed E-state index contributed by atoms with van der Waals surface area (Å²) in [6.45, 7) is 4.21. The second kappa shape index (κ2) is 7.72. The molecule has 0 saturated heterocycles. The molecule has 0 radical (unpaired) electrons. The molecule has 0 fully saturated rings. The number of carbonyl (C=O) groups is 1. The van der Waals surface area contributed by atoms with Crippen molar-refractivity contribution in [2.45, 2.75) is 26.8 Å². The standard InChI is InChI=1S/C22H21ClN4O2/c1-14-3-8-19-17(11-14)12-20-22(29)26(25-15(2)27(19)20)13-21(28)24-10-9-16-4-6-18(23)7-5-16/h3-8,11-12H,9-10,13H2,1-2H3,(H,24,28). The van der Waals surface area contributed by atoms with Gasteiger partial charge in [0, 0.05) is 17.0 Å². The van der Waals surface area contributed by atoms with Crippen LogP contribution in [0.3, 0.4) is 0 Å². The second-order valence-corrected chi connectivity index (χ2v) is 7.60. The molecule has 0 atom stereocenters. The number of aromatic nitrogens is 3. The van der Waals surface area contributed by atoms with E-state index in [1.807, 2.05) is 66.8 Å². The van der Waals surface area contributed by atoms with Crippen LogP contribution in [0.5, 0.6) is 0 Å². The monoisotopic (exact) mass is 408 g/mol. The Balaban J connectivity index is 1.52. The molecule has 0 unspecified atom stereocenters. The molecule has 0 aliphatic carbocycles. The van der Waals surface area contributed by atoms with E-state index in [0.717, 1.165) is 22.0 Å². The van der Waals surface area contributed by atoms with Gasteiger partial charge in [0.15, 0.2) is 0 Å². The van der Waals surface area contributed by atoms with Crippen molar-refractivity contribution in [3.05, 3.63) is 80.9 Å². The maximum Gasteiger partial charge on any atom is 0.291 e. The molecule has 2 aromatic carbocycles. The van der Waals surface area contributed by atoms with Gasteiger partial charge in [0.05, 0.1) is 5.52 Å². The lowest BCUT2D eigenvalue weighted by atomic mass is 10.1. The molecule has 29 heavy (non-hydrogen) atoms. The highest BCUT2D eigenvalue weighted by Gasteiger charge is 2.14. The van der Waals surface area contributed by atoms with Crippen LogP contribution >= 0.6 is 11.6 Å². The zero-order chi connectivity index (χ0) is 20.5. The molecule has 7 heteroatoms. The van der Waals surface area contributed by atoms with Crippen LogP contribution in [-0.2, 0) is 17.8 Å². The van der Waals surface area contributed by atoms with Crippen LogP contribution in [0, 0.1) is 13.8 Å². The lowest BCUT2D eigenvalue weighted by Crippen LogP contribution is -2.35. The number of rotatable bonds is 5. The summed E-state index contributed by atoms with van der Waals surface area (Å²) in [4.78, 5) is 25.2. The Bertz CT molecular complexity index is 1270. The zero-order valence-corrected chi connectivity index (χ0v) is 17.0. The Morgan fingerprint density at radius 2 is 1.83 bits per heavy atom. The quantitative estimate of drug-likeness (QED) is 0.551. The smallest absolute Gasteiger partial charge is 0.291 e. The first kappa shape index (κ1) is 19.2.